The Labute approximate surface area is 145 Å². The van der Waals surface area contributed by atoms with Crippen LogP contribution in [0.3, 0.4) is 0 Å². The lowest BCUT2D eigenvalue weighted by molar-refractivity contribution is 0.103. The summed E-state index contributed by atoms with van der Waals surface area (Å²) < 4.78 is 0. The first-order valence-corrected chi connectivity index (χ1v) is 7.88. The van der Waals surface area contributed by atoms with Gasteiger partial charge in [-0.3, -0.25) is 4.79 Å². The van der Waals surface area contributed by atoms with Crippen LogP contribution in [0.25, 0.3) is 11.0 Å². The van der Waals surface area contributed by atoms with Crippen LogP contribution in [0.2, 0.25) is 0 Å². The molecule has 0 spiro atoms. The summed E-state index contributed by atoms with van der Waals surface area (Å²) in [4.78, 5) is 20.2. The zero-order chi connectivity index (χ0) is 17.8. The maximum absolute atomic E-state index is 12.7. The number of H-pyrrole nitrogens is 1. The van der Waals surface area contributed by atoms with Crippen molar-refractivity contribution in [2.75, 3.05) is 12.4 Å². The Morgan fingerprint density at radius 1 is 1.20 bits per heavy atom. The van der Waals surface area contributed by atoms with Crippen LogP contribution >= 0.6 is 0 Å². The van der Waals surface area contributed by atoms with E-state index in [0.29, 0.717) is 28.4 Å². The highest BCUT2D eigenvalue weighted by molar-refractivity contribution is 6.17. The van der Waals surface area contributed by atoms with Gasteiger partial charge in [-0.15, -0.1) is 0 Å². The minimum absolute atomic E-state index is 0.175. The van der Waals surface area contributed by atoms with Gasteiger partial charge in [0, 0.05) is 30.0 Å². The molecule has 0 aliphatic carbocycles. The molecular weight excluding hydrogens is 314 g/mol. The Morgan fingerprint density at radius 2 is 1.96 bits per heavy atom. The third kappa shape index (κ3) is 3.58. The van der Waals surface area contributed by atoms with Gasteiger partial charge < -0.3 is 21.0 Å². The molecule has 0 amide bonds. The van der Waals surface area contributed by atoms with Gasteiger partial charge in [0.1, 0.15) is 11.5 Å². The fraction of sp³-hybridized carbons (Fsp3) is 0.105. The number of nitrogens with one attached hydrogen (secondary N) is 4. The van der Waals surface area contributed by atoms with Gasteiger partial charge in [0.2, 0.25) is 5.78 Å². The van der Waals surface area contributed by atoms with Crippen LogP contribution in [-0.4, -0.2) is 28.5 Å². The van der Waals surface area contributed by atoms with Gasteiger partial charge in [0.15, 0.2) is 0 Å². The quantitative estimate of drug-likeness (QED) is 0.315. The highest BCUT2D eigenvalue weighted by Gasteiger charge is 2.16. The van der Waals surface area contributed by atoms with Crippen LogP contribution in [0.1, 0.15) is 17.3 Å². The number of benzene rings is 1. The Bertz CT molecular complexity index is 956. The van der Waals surface area contributed by atoms with Crippen molar-refractivity contribution in [3.8, 4) is 0 Å². The minimum atomic E-state index is -0.175. The van der Waals surface area contributed by atoms with Gasteiger partial charge >= 0.3 is 0 Å². The molecule has 0 saturated carbocycles. The molecule has 6 heteroatoms. The number of hydrogen-bond donors (Lipinski definition) is 4. The van der Waals surface area contributed by atoms with Gasteiger partial charge in [-0.2, -0.15) is 0 Å². The predicted octanol–water partition coefficient (Wildman–Crippen LogP) is 3.63. The zero-order valence-electron chi connectivity index (χ0n) is 14.1. The van der Waals surface area contributed by atoms with Crippen molar-refractivity contribution in [2.45, 2.75) is 6.92 Å². The van der Waals surface area contributed by atoms with Crippen LogP contribution in [0.15, 0.2) is 60.4 Å². The van der Waals surface area contributed by atoms with Crippen LogP contribution in [0.5, 0.6) is 0 Å². The average Bonchev–Trinajstić information content (AvgIpc) is 3.03. The van der Waals surface area contributed by atoms with E-state index in [1.54, 1.807) is 20.2 Å². The van der Waals surface area contributed by atoms with Gasteiger partial charge in [-0.1, -0.05) is 18.2 Å². The van der Waals surface area contributed by atoms with Gasteiger partial charge in [-0.25, -0.2) is 4.98 Å². The molecule has 0 fully saturated rings. The summed E-state index contributed by atoms with van der Waals surface area (Å²) >= 11 is 0. The van der Waals surface area contributed by atoms with E-state index in [1.165, 1.54) is 6.08 Å². The van der Waals surface area contributed by atoms with Crippen molar-refractivity contribution in [1.29, 1.82) is 5.41 Å². The molecule has 1 aromatic carbocycles. The predicted molar refractivity (Wildman–Crippen MR) is 101 cm³/mol. The van der Waals surface area contributed by atoms with Crippen molar-refractivity contribution in [3.05, 3.63) is 66.0 Å². The molecule has 0 aliphatic rings. The summed E-state index contributed by atoms with van der Waals surface area (Å²) in [5.41, 5.74) is 2.78. The first-order valence-electron chi connectivity index (χ1n) is 7.88. The maximum atomic E-state index is 12.7. The van der Waals surface area contributed by atoms with E-state index in [9.17, 15) is 4.79 Å². The van der Waals surface area contributed by atoms with Crippen LogP contribution < -0.4 is 10.6 Å². The summed E-state index contributed by atoms with van der Waals surface area (Å²) in [5, 5.41) is 14.4. The number of fused-ring (bicyclic) bond motifs is 1. The number of aromatic amines is 1. The molecule has 0 unspecified atom stereocenters. The minimum Gasteiger partial charge on any atom is -0.385 e. The Morgan fingerprint density at radius 3 is 2.64 bits per heavy atom. The number of likely N-dealkylation sites (N-methyl/N-ethyl adjacent to an activating group) is 1. The summed E-state index contributed by atoms with van der Waals surface area (Å²) in [7, 11) is 1.67. The van der Waals surface area contributed by atoms with E-state index in [0.717, 1.165) is 11.1 Å². The van der Waals surface area contributed by atoms with E-state index in [1.807, 2.05) is 42.5 Å². The Kier molecular flexibility index (Phi) is 4.61. The van der Waals surface area contributed by atoms with E-state index in [2.05, 4.69) is 20.6 Å². The fourth-order valence-corrected chi connectivity index (χ4v) is 2.54. The molecule has 25 heavy (non-hydrogen) atoms. The average molecular weight is 333 g/mol. The number of rotatable bonds is 6. The zero-order valence-corrected chi connectivity index (χ0v) is 14.1. The molecule has 2 heterocycles. The molecule has 126 valence electrons. The molecule has 2 aromatic heterocycles. The molecule has 0 radical (unpaired) electrons. The lowest BCUT2D eigenvalue weighted by Crippen LogP contribution is -2.17. The number of Topliss-reactive ketones (excluding diaryl/α,β-unsaturated/α-hetero) is 1. The summed E-state index contributed by atoms with van der Waals surface area (Å²) in [5.74, 6) is 0.519. The van der Waals surface area contributed by atoms with E-state index >= 15 is 0 Å². The summed E-state index contributed by atoms with van der Waals surface area (Å²) in [6.07, 6.45) is 3.16. The number of para-hydroxylation sites is 1. The number of pyridine rings is 1. The first kappa shape index (κ1) is 16.4. The number of nitrogens with zero attached hydrogens (tertiary/aromatic N) is 1. The van der Waals surface area contributed by atoms with Crippen molar-refractivity contribution >= 4 is 34.0 Å². The first-order chi connectivity index (χ1) is 12.1. The standard InChI is InChI=1S/C19H19N5O/c1-12(20)10-16(21-2)18(25)15-11-22-19-14(15)8-9-17(24-19)23-13-6-4-3-5-7-13/h3-11,20-21H,1-2H3,(H2,22,23,24)/b16-10-,20-12?. The Balaban J connectivity index is 1.92. The second kappa shape index (κ2) is 7.00. The van der Waals surface area contributed by atoms with Gasteiger partial charge in [-0.05, 0) is 37.3 Å². The molecule has 6 nitrogen and oxygen atoms in total. The number of ketones is 1. The van der Waals surface area contributed by atoms with Crippen molar-refractivity contribution in [3.63, 3.8) is 0 Å². The molecular formula is C19H19N5O. The second-order valence-electron chi connectivity index (χ2n) is 5.61. The molecule has 3 rings (SSSR count). The molecule has 0 bridgehead atoms. The fourth-order valence-electron chi connectivity index (χ4n) is 2.54. The lowest BCUT2D eigenvalue weighted by Gasteiger charge is -2.06. The van der Waals surface area contributed by atoms with Gasteiger partial charge in [0.25, 0.3) is 0 Å². The molecule has 0 saturated heterocycles. The van der Waals surface area contributed by atoms with E-state index < -0.39 is 0 Å². The smallest absolute Gasteiger partial charge is 0.211 e. The molecule has 3 aromatic rings. The molecule has 0 atom stereocenters. The lowest BCUT2D eigenvalue weighted by atomic mass is 10.1. The number of anilines is 2. The Hall–Kier alpha value is -3.41. The van der Waals surface area contributed by atoms with Crippen molar-refractivity contribution in [2.24, 2.45) is 0 Å². The highest BCUT2D eigenvalue weighted by atomic mass is 16.1. The van der Waals surface area contributed by atoms with Crippen LogP contribution in [0.4, 0.5) is 11.5 Å². The van der Waals surface area contributed by atoms with E-state index in [4.69, 9.17) is 5.41 Å². The van der Waals surface area contributed by atoms with Gasteiger partial charge in [0.05, 0.1) is 11.3 Å². The number of allylic oxidation sites excluding steroid dienone is 2. The second-order valence-corrected chi connectivity index (χ2v) is 5.61. The number of aromatic nitrogens is 2. The largest absolute Gasteiger partial charge is 0.385 e. The summed E-state index contributed by atoms with van der Waals surface area (Å²) in [6.45, 7) is 1.63. The summed E-state index contributed by atoms with van der Waals surface area (Å²) in [6, 6.07) is 13.5. The number of carbonyl (C=O) groups is 1. The van der Waals surface area contributed by atoms with Crippen LogP contribution in [0, 0.1) is 5.41 Å². The van der Waals surface area contributed by atoms with Crippen LogP contribution in [-0.2, 0) is 0 Å². The molecule has 4 N–H and O–H groups in total. The normalized spacial score (nSPS) is 11.4. The monoisotopic (exact) mass is 333 g/mol. The molecule has 0 aliphatic heterocycles. The maximum Gasteiger partial charge on any atom is 0.211 e. The van der Waals surface area contributed by atoms with Crippen molar-refractivity contribution in [1.82, 2.24) is 15.3 Å². The number of hydrogen-bond acceptors (Lipinski definition) is 5. The van der Waals surface area contributed by atoms with Crippen molar-refractivity contribution < 1.29 is 4.79 Å². The third-order valence-corrected chi connectivity index (χ3v) is 3.70. The third-order valence-electron chi connectivity index (χ3n) is 3.70. The number of carbonyl (C=O) groups excluding carboxylic acids is 1. The highest BCUT2D eigenvalue weighted by Crippen LogP contribution is 2.22. The van der Waals surface area contributed by atoms with E-state index in [-0.39, 0.29) is 5.78 Å². The SMILES string of the molecule is CN/C(=C\C(C)=N)C(=O)c1c[nH]c2nc(Nc3ccccc3)ccc12. The topological polar surface area (TPSA) is 93.7 Å².